The minimum Gasteiger partial charge on any atom is -0.456 e. The normalized spacial score (nSPS) is 17.0. The number of para-hydroxylation sites is 3. The molecule has 0 saturated carbocycles. The van der Waals surface area contributed by atoms with E-state index < -0.39 is 383 Å². The minimum atomic E-state index is -0.866. The monoisotopic (exact) mass is 1690 g/mol. The molecule has 0 bridgehead atoms. The molecule has 3 nitrogen and oxygen atoms in total. The number of rotatable bonds is 9. The molecule has 0 fully saturated rings. The van der Waals surface area contributed by atoms with Gasteiger partial charge in [0.05, 0.1) is 67.2 Å². The zero-order chi connectivity index (χ0) is 128. The highest BCUT2D eigenvalue weighted by Gasteiger charge is 2.25. The third kappa shape index (κ3) is 12.6. The molecule has 0 aliphatic heterocycles. The Labute approximate surface area is 813 Å². The third-order valence-corrected chi connectivity index (χ3v) is 23.0. The van der Waals surface area contributed by atoms with Gasteiger partial charge in [0.15, 0.2) is 0 Å². The van der Waals surface area contributed by atoms with Gasteiger partial charge in [-0.3, -0.25) is 0 Å². The summed E-state index contributed by atoms with van der Waals surface area (Å²) in [4.78, 5) is 0. The number of hydrogen-bond donors (Lipinski definition) is 0. The summed E-state index contributed by atoms with van der Waals surface area (Å²) < 4.78 is 458. The highest BCUT2D eigenvalue weighted by atomic mass is 16.3. The standard InChI is InChI=1S/3C42H26O/c2*1-2-16-30-27(12-1)13-10-23-32(30)41-35-19-5-3-17-33(35)40(34-18-4-6-20-36(34)41)29-15-9-14-28(26-29)31-22-11-25-39-42(31)37-21-7-8-24-38(37)43-39;1-2-12-28-25-31(24-23-27(28)11-1)41-35-17-5-3-15-33(35)40(34-16-4-6-18-36(34)41)30-14-9-13-29(26-30)32-20-10-22-39-42(32)37-19-7-8-21-38(37)43-39/h3*1-26H/i1D,2D,3D,4D,5D,6D,9D,10D,12D,13D,14D,15D,16D,17D,18D,19D,20D,23D,26D;1D,2D,3D,4D,5D,6D,10D,12D,13D,16D,17D,18D,19D,20D,23D;1D,2D,3D,4D,5D,6D,11D,12D,15D,16D,17D,18D,23D,24D,25D. The molecule has 0 amide bonds. The van der Waals surface area contributed by atoms with Crippen molar-refractivity contribution in [3.63, 3.8) is 0 Å². The van der Waals surface area contributed by atoms with Gasteiger partial charge in [-0.1, -0.05) is 411 Å². The van der Waals surface area contributed by atoms with Gasteiger partial charge in [-0.25, -0.2) is 0 Å². The first-order chi connectivity index (χ1) is 84.4. The lowest BCUT2D eigenvalue weighted by Crippen LogP contribution is -1.92. The number of benzene rings is 24. The zero-order valence-corrected chi connectivity index (χ0v) is 66.5. The topological polar surface area (TPSA) is 39.4 Å². The quantitative estimate of drug-likeness (QED) is 0.135. The SMILES string of the molecule is [2H]c1c([2H])c(-c2c3c([2H])c([2H])c([2H])c([2H])c3c(-c3c([2H])c([2H])c([2H])c4c([2H])c([2H])c([2H])c([2H])c34)c3c([2H])c([2H])c([2H])c([2H])c23)c([2H])c(-c2cccc3oc4ccccc4c23)c1[2H].[2H]c1c([2H])c([2H])c2c(-c3c4c([2H])c([2H])c([2H])c([2H])c4c(-c4cccc(-c5cccc6oc7ccccc7c56)c4)c4c([2H])c([2H])c([2H])c([2H])c34)c([2H])c([2H])c([2H])c2c1[2H].[2H]c1c([2H])c([2H])c2c([2H])c(-c3c4c([2H])c([2H])c([2H])c([2H])c4c(-c4cccc(-c5cccc6oc7ccccc7c56)c4)c4c([2H])c([2H])c([2H])c([2H])c34)c([2H])c([2H])c2c1[2H]. The second kappa shape index (κ2) is 31.1. The molecule has 24 aromatic carbocycles. The lowest BCUT2D eigenvalue weighted by atomic mass is 9.84. The lowest BCUT2D eigenvalue weighted by Gasteiger charge is -2.19. The molecule has 129 heavy (non-hydrogen) atoms. The second-order valence-electron chi connectivity index (χ2n) is 30.0. The maximum absolute atomic E-state index is 9.84. The highest BCUT2D eigenvalue weighted by molar-refractivity contribution is 6.28. The van der Waals surface area contributed by atoms with E-state index in [-0.39, 0.29) is 76.5 Å². The molecular formula is C126H78O3. The summed E-state index contributed by atoms with van der Waals surface area (Å²) in [5.74, 6) is 0. The largest absolute Gasteiger partial charge is 0.456 e. The molecule has 0 aliphatic carbocycles. The Hall–Kier alpha value is -17.0. The summed E-state index contributed by atoms with van der Waals surface area (Å²) in [6.07, 6.45) is 0. The van der Waals surface area contributed by atoms with Gasteiger partial charge >= 0.3 is 0 Å². The van der Waals surface area contributed by atoms with E-state index in [9.17, 15) is 24.7 Å². The average molecular weight is 1690 g/mol. The predicted molar refractivity (Wildman–Crippen MR) is 548 cm³/mol. The van der Waals surface area contributed by atoms with Gasteiger partial charge in [0.1, 0.15) is 33.5 Å². The first kappa shape index (κ1) is 40.3. The molecule has 0 unspecified atom stereocenters. The van der Waals surface area contributed by atoms with Gasteiger partial charge in [-0.2, -0.15) is 0 Å². The summed E-state index contributed by atoms with van der Waals surface area (Å²) >= 11 is 0. The summed E-state index contributed by atoms with van der Waals surface area (Å²) in [5.41, 5.74) is 3.13. The summed E-state index contributed by atoms with van der Waals surface area (Å²) in [6, 6.07) is 16.7. The van der Waals surface area contributed by atoms with Crippen molar-refractivity contribution < 1.29 is 80.4 Å². The molecule has 0 spiro atoms. The van der Waals surface area contributed by atoms with Crippen LogP contribution in [0.2, 0.25) is 0 Å². The van der Waals surface area contributed by atoms with Crippen molar-refractivity contribution in [1.29, 1.82) is 0 Å². The van der Waals surface area contributed by atoms with Crippen molar-refractivity contribution in [3.8, 4) is 100 Å². The summed E-state index contributed by atoms with van der Waals surface area (Å²) in [7, 11) is 0. The maximum Gasteiger partial charge on any atom is 0.136 e. The first-order valence-corrected chi connectivity index (χ1v) is 40.3. The van der Waals surface area contributed by atoms with Gasteiger partial charge in [-0.05, 0) is 258 Å². The first-order valence-electron chi connectivity index (χ1n) is 64.8. The van der Waals surface area contributed by atoms with Crippen molar-refractivity contribution in [1.82, 2.24) is 0 Å². The smallest absolute Gasteiger partial charge is 0.136 e. The van der Waals surface area contributed by atoms with Crippen molar-refractivity contribution in [3.05, 3.63) is 472 Å². The van der Waals surface area contributed by atoms with Crippen LogP contribution < -0.4 is 0 Å². The van der Waals surface area contributed by atoms with Gasteiger partial charge in [-0.15, -0.1) is 0 Å². The van der Waals surface area contributed by atoms with E-state index in [1.54, 1.807) is 78.9 Å². The third-order valence-electron chi connectivity index (χ3n) is 23.0. The van der Waals surface area contributed by atoms with Gasteiger partial charge < -0.3 is 13.3 Å². The van der Waals surface area contributed by atoms with Crippen molar-refractivity contribution in [2.45, 2.75) is 0 Å². The van der Waals surface area contributed by atoms with E-state index in [1.807, 2.05) is 97.1 Å². The summed E-state index contributed by atoms with van der Waals surface area (Å²) in [5, 5.41) is -2.49. The van der Waals surface area contributed by atoms with Crippen molar-refractivity contribution in [2.24, 2.45) is 0 Å². The average Bonchev–Trinajstić information content (AvgIpc) is 0.782. The molecule has 0 aliphatic rings. The number of fused-ring (bicyclic) bond motifs is 18. The molecular weight excluding hydrogens is 1560 g/mol. The Bertz CT molecular complexity index is 12200. The molecule has 3 aromatic heterocycles. The van der Waals surface area contributed by atoms with Crippen LogP contribution in [0, 0.1) is 0 Å². The van der Waals surface area contributed by atoms with Crippen LogP contribution in [0.5, 0.6) is 0 Å². The second-order valence-corrected chi connectivity index (χ2v) is 30.0. The van der Waals surface area contributed by atoms with Crippen LogP contribution in [0.3, 0.4) is 0 Å². The van der Waals surface area contributed by atoms with Crippen LogP contribution >= 0.6 is 0 Å². The molecule has 0 saturated heterocycles. The van der Waals surface area contributed by atoms with Gasteiger partial charge in [0.2, 0.25) is 0 Å². The van der Waals surface area contributed by atoms with Crippen LogP contribution in [0.15, 0.2) is 485 Å². The van der Waals surface area contributed by atoms with Crippen LogP contribution in [0.4, 0.5) is 0 Å². The Balaban J connectivity index is 0.000000132. The zero-order valence-electron chi connectivity index (χ0n) is 115. The molecule has 0 radical (unpaired) electrons. The fraction of sp³-hybridized carbons (Fsp3) is 0. The van der Waals surface area contributed by atoms with Crippen LogP contribution in [0.25, 0.3) is 263 Å². The van der Waals surface area contributed by atoms with Crippen LogP contribution in [-0.4, -0.2) is 0 Å². The van der Waals surface area contributed by atoms with Crippen molar-refractivity contribution >= 4 is 163 Å². The minimum absolute atomic E-state index is 0.0276. The Morgan fingerprint density at radius 3 is 0.806 bits per heavy atom. The van der Waals surface area contributed by atoms with Crippen LogP contribution in [0.1, 0.15) is 67.2 Å². The van der Waals surface area contributed by atoms with Gasteiger partial charge in [0.25, 0.3) is 0 Å². The molecule has 27 rings (SSSR count). The van der Waals surface area contributed by atoms with Crippen LogP contribution in [-0.2, 0) is 0 Å². The van der Waals surface area contributed by atoms with E-state index >= 15 is 0 Å². The number of hydrogen-bond acceptors (Lipinski definition) is 3. The van der Waals surface area contributed by atoms with Gasteiger partial charge in [0, 0.05) is 32.3 Å². The predicted octanol–water partition coefficient (Wildman–Crippen LogP) is 36.1. The van der Waals surface area contributed by atoms with E-state index in [0.29, 0.717) is 66.5 Å². The molecule has 0 N–H and O–H groups in total. The molecule has 600 valence electrons. The Kier molecular flexibility index (Phi) is 9.71. The Morgan fingerprint density at radius 1 is 0.147 bits per heavy atom. The van der Waals surface area contributed by atoms with E-state index in [1.165, 1.54) is 0 Å². The van der Waals surface area contributed by atoms with E-state index in [2.05, 4.69) is 0 Å². The van der Waals surface area contributed by atoms with E-state index in [4.69, 9.17) is 55.7 Å². The fourth-order valence-corrected chi connectivity index (χ4v) is 17.7. The van der Waals surface area contributed by atoms with E-state index in [0.717, 1.165) is 32.7 Å². The maximum atomic E-state index is 9.84. The molecule has 3 heterocycles. The fourth-order valence-electron chi connectivity index (χ4n) is 17.7. The lowest BCUT2D eigenvalue weighted by molar-refractivity contribution is 0.668. The highest BCUT2D eigenvalue weighted by Crippen LogP contribution is 2.52. The molecule has 3 heteroatoms. The number of furan rings is 3. The Morgan fingerprint density at radius 2 is 0.419 bits per heavy atom. The molecule has 0 atom stereocenters. The molecule has 27 aromatic rings. The summed E-state index contributed by atoms with van der Waals surface area (Å²) in [6.45, 7) is 0. The van der Waals surface area contributed by atoms with Crippen molar-refractivity contribution in [2.75, 3.05) is 0 Å².